The molecule has 102 valence electrons. The van der Waals surface area contributed by atoms with Gasteiger partial charge < -0.3 is 15.7 Å². The normalized spacial score (nSPS) is 14.8. The third-order valence-corrected chi connectivity index (χ3v) is 3.60. The maximum atomic E-state index is 12.3. The lowest BCUT2D eigenvalue weighted by atomic mass is 9.84. The van der Waals surface area contributed by atoms with E-state index in [-0.39, 0.29) is 17.4 Å². The molecule has 1 aliphatic carbocycles. The van der Waals surface area contributed by atoms with Crippen molar-refractivity contribution in [3.63, 3.8) is 0 Å². The van der Waals surface area contributed by atoms with Crippen LogP contribution in [0.1, 0.15) is 36.5 Å². The minimum Gasteiger partial charge on any atom is -0.478 e. The molecule has 0 aliphatic heterocycles. The first-order chi connectivity index (χ1) is 9.04. The number of hydrogen-bond donors (Lipinski definition) is 2. The van der Waals surface area contributed by atoms with Crippen molar-refractivity contribution >= 4 is 23.3 Å². The van der Waals surface area contributed by atoms with Crippen molar-refractivity contribution in [1.82, 2.24) is 0 Å². The Kier molecular flexibility index (Phi) is 3.74. The quantitative estimate of drug-likeness (QED) is 0.814. The first kappa shape index (κ1) is 13.4. The van der Waals surface area contributed by atoms with Crippen LogP contribution in [0.15, 0.2) is 18.2 Å². The highest BCUT2D eigenvalue weighted by Gasteiger charge is 2.30. The number of hydrogen-bond acceptors (Lipinski definition) is 3. The van der Waals surface area contributed by atoms with Crippen LogP contribution in [-0.4, -0.2) is 23.5 Å². The van der Waals surface area contributed by atoms with Gasteiger partial charge in [0.25, 0.3) is 0 Å². The van der Waals surface area contributed by atoms with Gasteiger partial charge in [0.15, 0.2) is 0 Å². The van der Waals surface area contributed by atoms with Crippen molar-refractivity contribution in [2.75, 3.05) is 17.2 Å². The van der Waals surface area contributed by atoms with Gasteiger partial charge in [-0.3, -0.25) is 4.79 Å². The molecule has 1 aromatic rings. The molecular weight excluding hydrogens is 244 g/mol. The van der Waals surface area contributed by atoms with Crippen LogP contribution in [-0.2, 0) is 4.79 Å². The van der Waals surface area contributed by atoms with Crippen molar-refractivity contribution in [1.29, 1.82) is 0 Å². The van der Waals surface area contributed by atoms with Gasteiger partial charge in [-0.25, -0.2) is 4.79 Å². The minimum atomic E-state index is -1.02. The van der Waals surface area contributed by atoms with E-state index in [1.807, 2.05) is 6.92 Å². The second kappa shape index (κ2) is 5.30. The number of carboxylic acids is 1. The van der Waals surface area contributed by atoms with E-state index in [0.717, 1.165) is 19.3 Å². The summed E-state index contributed by atoms with van der Waals surface area (Å²) in [5.41, 5.74) is 6.94. The van der Waals surface area contributed by atoms with Crippen LogP contribution in [0.3, 0.4) is 0 Å². The van der Waals surface area contributed by atoms with E-state index in [0.29, 0.717) is 17.9 Å². The molecule has 3 N–H and O–H groups in total. The Morgan fingerprint density at radius 1 is 1.42 bits per heavy atom. The van der Waals surface area contributed by atoms with Crippen molar-refractivity contribution in [2.45, 2.75) is 26.2 Å². The molecule has 0 spiro atoms. The van der Waals surface area contributed by atoms with E-state index in [9.17, 15) is 9.59 Å². The summed E-state index contributed by atoms with van der Waals surface area (Å²) in [5.74, 6) is -0.839. The van der Waals surface area contributed by atoms with Gasteiger partial charge in [-0.2, -0.15) is 0 Å². The van der Waals surface area contributed by atoms with Gasteiger partial charge in [-0.15, -0.1) is 0 Å². The van der Waals surface area contributed by atoms with Crippen LogP contribution in [0, 0.1) is 5.92 Å². The molecule has 5 heteroatoms. The standard InChI is InChI=1S/C14H18N2O3/c1-2-16(13(17)9-4-3-5-9)12-7-6-10(14(18)19)8-11(12)15/h6-9H,2-5,15H2,1H3,(H,18,19). The number of carboxylic acid groups (broad SMARTS) is 1. The molecule has 1 aromatic carbocycles. The number of carbonyl (C=O) groups is 2. The van der Waals surface area contributed by atoms with Gasteiger partial charge in [0.05, 0.1) is 16.9 Å². The highest BCUT2D eigenvalue weighted by molar-refractivity contribution is 5.99. The van der Waals surface area contributed by atoms with Crippen molar-refractivity contribution < 1.29 is 14.7 Å². The molecule has 1 amide bonds. The third-order valence-electron chi connectivity index (χ3n) is 3.60. The van der Waals surface area contributed by atoms with E-state index < -0.39 is 5.97 Å². The average Bonchev–Trinajstić information content (AvgIpc) is 2.29. The molecule has 5 nitrogen and oxygen atoms in total. The summed E-state index contributed by atoms with van der Waals surface area (Å²) in [4.78, 5) is 24.8. The number of anilines is 2. The van der Waals surface area contributed by atoms with Crippen molar-refractivity contribution in [2.24, 2.45) is 5.92 Å². The van der Waals surface area contributed by atoms with E-state index in [2.05, 4.69) is 0 Å². The van der Waals surface area contributed by atoms with E-state index in [1.54, 1.807) is 11.0 Å². The molecule has 0 bridgehead atoms. The van der Waals surface area contributed by atoms with Gasteiger partial charge >= 0.3 is 5.97 Å². The zero-order valence-corrected chi connectivity index (χ0v) is 10.9. The highest BCUT2D eigenvalue weighted by Crippen LogP contribution is 2.32. The highest BCUT2D eigenvalue weighted by atomic mass is 16.4. The SMILES string of the molecule is CCN(C(=O)C1CCC1)c1ccc(C(=O)O)cc1N. The molecule has 0 aromatic heterocycles. The predicted octanol–water partition coefficient (Wildman–Crippen LogP) is 2.12. The zero-order valence-electron chi connectivity index (χ0n) is 10.9. The fourth-order valence-electron chi connectivity index (χ4n) is 2.25. The second-order valence-electron chi connectivity index (χ2n) is 4.79. The topological polar surface area (TPSA) is 83.6 Å². The third kappa shape index (κ3) is 2.54. The number of aromatic carboxylic acids is 1. The molecular formula is C14H18N2O3. The lowest BCUT2D eigenvalue weighted by molar-refractivity contribution is -0.124. The molecule has 0 saturated heterocycles. The van der Waals surface area contributed by atoms with Crippen LogP contribution in [0.5, 0.6) is 0 Å². The summed E-state index contributed by atoms with van der Waals surface area (Å²) in [6.07, 6.45) is 2.96. The lowest BCUT2D eigenvalue weighted by Crippen LogP contribution is -2.39. The van der Waals surface area contributed by atoms with Gasteiger partial charge in [0.1, 0.15) is 0 Å². The number of benzene rings is 1. The molecule has 1 saturated carbocycles. The molecule has 0 unspecified atom stereocenters. The summed E-state index contributed by atoms with van der Waals surface area (Å²) in [6, 6.07) is 4.48. The molecule has 1 aliphatic rings. The number of amides is 1. The largest absolute Gasteiger partial charge is 0.478 e. The van der Waals surface area contributed by atoms with E-state index in [4.69, 9.17) is 10.8 Å². The summed E-state index contributed by atoms with van der Waals surface area (Å²) < 4.78 is 0. The molecule has 0 radical (unpaired) electrons. The van der Waals surface area contributed by atoms with Crippen molar-refractivity contribution in [3.05, 3.63) is 23.8 Å². The summed E-state index contributed by atoms with van der Waals surface area (Å²) in [7, 11) is 0. The maximum absolute atomic E-state index is 12.3. The van der Waals surface area contributed by atoms with Crippen LogP contribution in [0.2, 0.25) is 0 Å². The Bertz CT molecular complexity index is 509. The van der Waals surface area contributed by atoms with Gasteiger partial charge in [-0.05, 0) is 38.0 Å². The number of nitrogens with zero attached hydrogens (tertiary/aromatic N) is 1. The Labute approximate surface area is 112 Å². The van der Waals surface area contributed by atoms with Crippen LogP contribution in [0.25, 0.3) is 0 Å². The van der Waals surface area contributed by atoms with E-state index >= 15 is 0 Å². The first-order valence-electron chi connectivity index (χ1n) is 6.48. The molecule has 0 atom stereocenters. The lowest BCUT2D eigenvalue weighted by Gasteiger charge is -2.31. The van der Waals surface area contributed by atoms with Crippen molar-refractivity contribution in [3.8, 4) is 0 Å². The van der Waals surface area contributed by atoms with Crippen LogP contribution >= 0.6 is 0 Å². The Morgan fingerprint density at radius 3 is 2.53 bits per heavy atom. The molecule has 1 fully saturated rings. The Balaban J connectivity index is 2.27. The van der Waals surface area contributed by atoms with Crippen LogP contribution in [0.4, 0.5) is 11.4 Å². The molecule has 0 heterocycles. The number of nitrogen functional groups attached to an aromatic ring is 1. The monoisotopic (exact) mass is 262 g/mol. The Hall–Kier alpha value is -2.04. The number of carbonyl (C=O) groups excluding carboxylic acids is 1. The Morgan fingerprint density at radius 2 is 2.11 bits per heavy atom. The van der Waals surface area contributed by atoms with Gasteiger partial charge in [0, 0.05) is 12.5 Å². The van der Waals surface area contributed by atoms with Gasteiger partial charge in [0.2, 0.25) is 5.91 Å². The summed E-state index contributed by atoms with van der Waals surface area (Å²) >= 11 is 0. The predicted molar refractivity (Wildman–Crippen MR) is 73.2 cm³/mol. The summed E-state index contributed by atoms with van der Waals surface area (Å²) in [5, 5.41) is 8.90. The molecule has 2 rings (SSSR count). The smallest absolute Gasteiger partial charge is 0.335 e. The number of rotatable bonds is 4. The zero-order chi connectivity index (χ0) is 14.0. The number of nitrogens with two attached hydrogens (primary N) is 1. The second-order valence-corrected chi connectivity index (χ2v) is 4.79. The molecule has 19 heavy (non-hydrogen) atoms. The first-order valence-corrected chi connectivity index (χ1v) is 6.48. The fourth-order valence-corrected chi connectivity index (χ4v) is 2.25. The van der Waals surface area contributed by atoms with Gasteiger partial charge in [-0.1, -0.05) is 6.42 Å². The average molecular weight is 262 g/mol. The maximum Gasteiger partial charge on any atom is 0.335 e. The van der Waals surface area contributed by atoms with E-state index in [1.165, 1.54) is 12.1 Å². The van der Waals surface area contributed by atoms with Crippen LogP contribution < -0.4 is 10.6 Å². The fraction of sp³-hybridized carbons (Fsp3) is 0.429. The summed E-state index contributed by atoms with van der Waals surface area (Å²) in [6.45, 7) is 2.42. The minimum absolute atomic E-state index is 0.0866.